The van der Waals surface area contributed by atoms with Gasteiger partial charge in [0.15, 0.2) is 22.2 Å². The van der Waals surface area contributed by atoms with Gasteiger partial charge in [-0.3, -0.25) is 9.89 Å². The number of amides is 1. The molecule has 15 heteroatoms. The molecule has 2 aliphatic carbocycles. The van der Waals surface area contributed by atoms with Gasteiger partial charge in [0.25, 0.3) is 0 Å². The van der Waals surface area contributed by atoms with Crippen molar-refractivity contribution in [2.24, 2.45) is 11.3 Å². The molecule has 6 aliphatic rings. The van der Waals surface area contributed by atoms with Crippen molar-refractivity contribution in [2.75, 3.05) is 43.4 Å². The second-order valence-electron chi connectivity index (χ2n) is 16.1. The summed E-state index contributed by atoms with van der Waals surface area (Å²) in [4.78, 5) is 26.1. The zero-order valence-electron chi connectivity index (χ0n) is 30.1. The van der Waals surface area contributed by atoms with Gasteiger partial charge in [0.05, 0.1) is 22.7 Å². The molecule has 2 aromatic heterocycles. The largest absolute Gasteiger partial charge is 0.481 e. The molecule has 6 heterocycles. The number of piperidine rings is 1. The maximum atomic E-state index is 14.1. The van der Waals surface area contributed by atoms with Gasteiger partial charge in [-0.2, -0.15) is 28.2 Å². The van der Waals surface area contributed by atoms with Crippen molar-refractivity contribution < 1.29 is 35.9 Å². The number of nitrogens with zero attached hydrogens (tertiary/aromatic N) is 5. The van der Waals surface area contributed by atoms with Gasteiger partial charge in [-0.1, -0.05) is 19.1 Å². The lowest BCUT2D eigenvalue weighted by Gasteiger charge is -2.54. The molecule has 4 aliphatic heterocycles. The number of fused-ring (bicyclic) bond motifs is 6. The van der Waals surface area contributed by atoms with Gasteiger partial charge < -0.3 is 19.3 Å². The van der Waals surface area contributed by atoms with Crippen LogP contribution in [0.4, 0.5) is 19.0 Å². The van der Waals surface area contributed by atoms with E-state index in [-0.39, 0.29) is 46.2 Å². The number of aromatic amines is 1. The van der Waals surface area contributed by atoms with Crippen molar-refractivity contribution in [3.05, 3.63) is 48.2 Å². The molecule has 0 radical (unpaired) electrons. The van der Waals surface area contributed by atoms with Gasteiger partial charge >= 0.3 is 12.2 Å². The monoisotopic (exact) mass is 764 g/mol. The number of aryl methyl sites for hydroxylation is 1. The van der Waals surface area contributed by atoms with Crippen molar-refractivity contribution in [3.63, 3.8) is 0 Å². The Bertz CT molecular complexity index is 2270. The third kappa shape index (κ3) is 6.25. The topological polar surface area (TPSA) is 131 Å². The maximum absolute atomic E-state index is 14.1. The van der Waals surface area contributed by atoms with E-state index in [1.807, 2.05) is 25.1 Å². The Balaban J connectivity index is 1.21. The highest BCUT2D eigenvalue weighted by molar-refractivity contribution is 7.92. The average molecular weight is 765 g/mol. The van der Waals surface area contributed by atoms with Crippen LogP contribution in [0.5, 0.6) is 11.8 Å². The number of alkyl halides is 3. The number of aromatic nitrogens is 4. The Labute approximate surface area is 311 Å². The van der Waals surface area contributed by atoms with E-state index in [1.165, 1.54) is 6.08 Å². The predicted molar refractivity (Wildman–Crippen MR) is 197 cm³/mol. The second-order valence-corrected chi connectivity index (χ2v) is 18.4. The van der Waals surface area contributed by atoms with E-state index < -0.39 is 34.0 Å². The Morgan fingerprint density at radius 3 is 2.59 bits per heavy atom. The molecule has 2 aromatic carbocycles. The number of carbonyl (C=O) groups excluding carboxylic acids is 1. The molecule has 1 N–H and O–H groups in total. The highest BCUT2D eigenvalue weighted by atomic mass is 32.2. The molecule has 3 unspecified atom stereocenters. The number of benzene rings is 2. The predicted octanol–water partition coefficient (Wildman–Crippen LogP) is 6.65. The summed E-state index contributed by atoms with van der Waals surface area (Å²) in [5.41, 5.74) is 3.98. The van der Waals surface area contributed by atoms with Crippen LogP contribution in [-0.2, 0) is 14.6 Å². The fourth-order valence-corrected chi connectivity index (χ4v) is 11.7. The third-order valence-corrected chi connectivity index (χ3v) is 14.7. The first-order chi connectivity index (χ1) is 25.8. The minimum absolute atomic E-state index is 0.000596. The first kappa shape index (κ1) is 35.3. The van der Waals surface area contributed by atoms with Crippen molar-refractivity contribution in [1.82, 2.24) is 25.1 Å². The number of anilines is 1. The molecule has 11 nitrogen and oxygen atoms in total. The van der Waals surface area contributed by atoms with Gasteiger partial charge in [0.2, 0.25) is 5.91 Å². The van der Waals surface area contributed by atoms with Gasteiger partial charge in [-0.15, -0.1) is 0 Å². The third-order valence-electron chi connectivity index (χ3n) is 12.4. The first-order valence-corrected chi connectivity index (χ1v) is 20.6. The molecule has 6 fully saturated rings. The van der Waals surface area contributed by atoms with Crippen LogP contribution in [0.15, 0.2) is 37.1 Å². The number of likely N-dealkylation sites (tertiary alicyclic amines) is 1. The van der Waals surface area contributed by atoms with Crippen molar-refractivity contribution in [1.29, 1.82) is 0 Å². The van der Waals surface area contributed by atoms with Crippen molar-refractivity contribution in [2.45, 2.75) is 81.7 Å². The molecule has 2 saturated carbocycles. The summed E-state index contributed by atoms with van der Waals surface area (Å²) in [6, 6.07) is 5.87. The van der Waals surface area contributed by atoms with Crippen LogP contribution in [0.2, 0.25) is 0 Å². The summed E-state index contributed by atoms with van der Waals surface area (Å²) in [5.74, 6) is 0.403. The highest BCUT2D eigenvalue weighted by Gasteiger charge is 2.47. The highest BCUT2D eigenvalue weighted by Crippen LogP contribution is 2.53. The summed E-state index contributed by atoms with van der Waals surface area (Å²) in [7, 11) is -3.25. The van der Waals surface area contributed by atoms with Gasteiger partial charge in [0.1, 0.15) is 17.4 Å². The second kappa shape index (κ2) is 12.8. The van der Waals surface area contributed by atoms with Gasteiger partial charge in [0, 0.05) is 60.3 Å². The number of H-pyrrole nitrogens is 1. The molecule has 4 saturated heterocycles. The number of carbonyl (C=O) groups is 1. The lowest BCUT2D eigenvalue weighted by molar-refractivity contribution is -0.153. The van der Waals surface area contributed by atoms with E-state index in [0.29, 0.717) is 62.2 Å². The molecule has 54 heavy (non-hydrogen) atoms. The molecule has 1 amide bonds. The number of hydrogen-bond donors (Lipinski definition) is 1. The lowest BCUT2D eigenvalue weighted by Crippen LogP contribution is -2.61. The lowest BCUT2D eigenvalue weighted by atomic mass is 9.72. The Kier molecular flexibility index (Phi) is 8.40. The normalized spacial score (nSPS) is 24.8. The van der Waals surface area contributed by atoms with Crippen LogP contribution in [0.25, 0.3) is 32.9 Å². The van der Waals surface area contributed by atoms with E-state index in [1.54, 1.807) is 11.1 Å². The number of rotatable bonds is 8. The summed E-state index contributed by atoms with van der Waals surface area (Å²) >= 11 is 0. The van der Waals surface area contributed by atoms with Crippen LogP contribution in [0.3, 0.4) is 0 Å². The van der Waals surface area contributed by atoms with Gasteiger partial charge in [-0.25, -0.2) is 8.42 Å². The molecule has 1 spiro atoms. The Morgan fingerprint density at radius 2 is 1.87 bits per heavy atom. The molecule has 3 atom stereocenters. The van der Waals surface area contributed by atoms with E-state index in [0.717, 1.165) is 59.7 Å². The number of ether oxygens (including phenoxy) is 2. The number of sulfone groups is 1. The summed E-state index contributed by atoms with van der Waals surface area (Å²) < 4.78 is 80.8. The van der Waals surface area contributed by atoms with E-state index in [4.69, 9.17) is 19.4 Å². The minimum Gasteiger partial charge on any atom is -0.481 e. The quantitative estimate of drug-likeness (QED) is 0.196. The zero-order valence-corrected chi connectivity index (χ0v) is 30.9. The summed E-state index contributed by atoms with van der Waals surface area (Å²) in [6.07, 6.45) is 3.69. The van der Waals surface area contributed by atoms with Crippen molar-refractivity contribution in [3.8, 4) is 22.9 Å². The van der Waals surface area contributed by atoms with Crippen molar-refractivity contribution >= 4 is 43.4 Å². The number of hydrogen-bond acceptors (Lipinski definition) is 9. The fraction of sp³-hybridized carbons (Fsp3) is 0.538. The van der Waals surface area contributed by atoms with Crippen LogP contribution < -0.4 is 14.4 Å². The molecular weight excluding hydrogens is 722 g/mol. The zero-order chi connectivity index (χ0) is 37.6. The Hall–Kier alpha value is -4.40. The Morgan fingerprint density at radius 1 is 1.09 bits per heavy atom. The summed E-state index contributed by atoms with van der Waals surface area (Å²) in [6.45, 7) is 6.56. The van der Waals surface area contributed by atoms with Gasteiger partial charge in [-0.05, 0) is 86.3 Å². The van der Waals surface area contributed by atoms with Crippen LogP contribution in [0, 0.1) is 18.3 Å². The molecule has 286 valence electrons. The average Bonchev–Trinajstić information content (AvgIpc) is 3.91. The standard InChI is InChI=1S/C39H43F3N6O5S/c1-3-31(49)48-19-38(20-48)11-13-47(14-12-38)36-27-16-26(23-8-9-23)33(32-22(2)7-10-29-28(32)17-43-46-29)35(52-21-39(40,41)42)34(27)44-37(45-36)53-30-15-25-6-4-5-24(30)18-54(25,50)51/h3,7,10,16-17,23-25,30H,1,4-6,8-9,11-15,18-21H2,2H3,(H,43,46). The van der Waals surface area contributed by atoms with E-state index in [9.17, 15) is 26.4 Å². The maximum Gasteiger partial charge on any atom is 0.422 e. The SMILES string of the molecule is C=CC(=O)N1CC2(CCN(c3nc(OC4CC5CCCC4CS5(=O)=O)nc4c(OCC(F)(F)F)c(-c5c(C)ccc6[nH]ncc56)c(C5CC5)cc34)CC2)C1. The van der Waals surface area contributed by atoms with Crippen LogP contribution in [-0.4, -0.2) is 95.5 Å². The van der Waals surface area contributed by atoms with E-state index in [2.05, 4.69) is 21.7 Å². The molecular formula is C39H43F3N6O5S. The molecule has 2 bridgehead atoms. The molecule has 10 rings (SSSR count). The van der Waals surface area contributed by atoms with Crippen LogP contribution >= 0.6 is 0 Å². The van der Waals surface area contributed by atoms with E-state index >= 15 is 0 Å². The minimum atomic E-state index is -4.62. The molecule has 4 aromatic rings. The van der Waals surface area contributed by atoms with Crippen LogP contribution in [0.1, 0.15) is 68.4 Å². The fourth-order valence-electron chi connectivity index (χ4n) is 9.39. The number of nitrogens with one attached hydrogen (secondary N) is 1. The smallest absolute Gasteiger partial charge is 0.422 e. The number of halogens is 3. The first-order valence-electron chi connectivity index (χ1n) is 18.9. The summed E-state index contributed by atoms with van der Waals surface area (Å²) in [5, 5.41) is 8.10.